The summed E-state index contributed by atoms with van der Waals surface area (Å²) in [6.45, 7) is -0.110. The first-order valence-corrected chi connectivity index (χ1v) is 8.12. The molecule has 2 rings (SSSR count). The molecule has 1 aromatic rings. The van der Waals surface area contributed by atoms with Crippen molar-refractivity contribution in [1.29, 1.82) is 0 Å². The minimum absolute atomic E-state index is 0.346. The molecule has 0 unspecified atom stereocenters. The Morgan fingerprint density at radius 2 is 1.71 bits per heavy atom. The predicted octanol–water partition coefficient (Wildman–Crippen LogP) is -0.166. The van der Waals surface area contributed by atoms with E-state index in [0.717, 1.165) is 25.0 Å². The molecular weight excluding hydrogens is 316 g/mol. The van der Waals surface area contributed by atoms with E-state index >= 15 is 0 Å². The first-order valence-electron chi connectivity index (χ1n) is 8.12. The summed E-state index contributed by atoms with van der Waals surface area (Å²) in [5, 5.41) is 38.3. The van der Waals surface area contributed by atoms with Gasteiger partial charge in [0.15, 0.2) is 6.29 Å². The number of rotatable bonds is 8. The lowest BCUT2D eigenvalue weighted by Gasteiger charge is -2.39. The van der Waals surface area contributed by atoms with Crippen molar-refractivity contribution >= 4 is 0 Å². The fourth-order valence-electron chi connectivity index (χ4n) is 2.63. The van der Waals surface area contributed by atoms with Gasteiger partial charge in [0.2, 0.25) is 0 Å². The molecule has 1 heterocycles. The molecule has 136 valence electrons. The summed E-state index contributed by atoms with van der Waals surface area (Å²) >= 11 is 0. The van der Waals surface area contributed by atoms with Gasteiger partial charge in [-0.25, -0.2) is 0 Å². The molecule has 0 aliphatic carbocycles. The van der Waals surface area contributed by atoms with Crippen LogP contribution in [0.1, 0.15) is 18.4 Å². The van der Waals surface area contributed by atoms with Gasteiger partial charge in [0.1, 0.15) is 30.2 Å². The topological polar surface area (TPSA) is 109 Å². The fourth-order valence-corrected chi connectivity index (χ4v) is 2.63. The van der Waals surface area contributed by atoms with E-state index in [1.165, 1.54) is 5.56 Å². The Hall–Kier alpha value is -1.22. The maximum Gasteiger partial charge on any atom is 0.186 e. The molecule has 1 aliphatic heterocycles. The first-order chi connectivity index (χ1) is 11.6. The SMILES string of the molecule is COc1ccc(CCCCO[C@H]2O[C@H](CO)[C@@H](O)[C@H](O)[C@H]2O)cc1. The molecule has 0 bridgehead atoms. The van der Waals surface area contributed by atoms with Crippen molar-refractivity contribution in [3.63, 3.8) is 0 Å². The average molecular weight is 342 g/mol. The Morgan fingerprint density at radius 3 is 2.33 bits per heavy atom. The standard InChI is InChI=1S/C17H26O7/c1-22-12-7-5-11(6-8-12)4-2-3-9-23-17-16(21)15(20)14(19)13(10-18)24-17/h5-8,13-21H,2-4,9-10H2,1H3/t13-,14-,15+,16-,17+/m1/s1. The van der Waals surface area contributed by atoms with Gasteiger partial charge in [-0.15, -0.1) is 0 Å². The molecular formula is C17H26O7. The van der Waals surface area contributed by atoms with Gasteiger partial charge < -0.3 is 34.6 Å². The van der Waals surface area contributed by atoms with Gasteiger partial charge >= 0.3 is 0 Å². The molecule has 1 saturated heterocycles. The van der Waals surface area contributed by atoms with Gasteiger partial charge in [0, 0.05) is 6.61 Å². The minimum atomic E-state index is -1.40. The van der Waals surface area contributed by atoms with Crippen molar-refractivity contribution in [3.05, 3.63) is 29.8 Å². The number of aliphatic hydroxyl groups is 4. The number of aryl methyl sites for hydroxylation is 1. The molecule has 0 spiro atoms. The molecule has 0 aromatic heterocycles. The fraction of sp³-hybridized carbons (Fsp3) is 0.647. The van der Waals surface area contributed by atoms with Gasteiger partial charge in [-0.05, 0) is 37.0 Å². The molecule has 0 radical (unpaired) electrons. The normalized spacial score (nSPS) is 30.3. The number of hydrogen-bond donors (Lipinski definition) is 4. The maximum atomic E-state index is 9.85. The third-order valence-corrected chi connectivity index (χ3v) is 4.15. The number of hydrogen-bond acceptors (Lipinski definition) is 7. The third-order valence-electron chi connectivity index (χ3n) is 4.15. The van der Waals surface area contributed by atoms with Crippen molar-refractivity contribution in [2.75, 3.05) is 20.3 Å². The van der Waals surface area contributed by atoms with E-state index in [-0.39, 0.29) is 0 Å². The first kappa shape index (κ1) is 19.1. The van der Waals surface area contributed by atoms with E-state index in [4.69, 9.17) is 19.3 Å². The Labute approximate surface area is 141 Å². The van der Waals surface area contributed by atoms with Crippen LogP contribution in [0.15, 0.2) is 24.3 Å². The van der Waals surface area contributed by atoms with Crippen LogP contribution in [0.3, 0.4) is 0 Å². The Balaban J connectivity index is 1.69. The summed E-state index contributed by atoms with van der Waals surface area (Å²) in [6, 6.07) is 7.86. The zero-order chi connectivity index (χ0) is 17.5. The highest BCUT2D eigenvalue weighted by Crippen LogP contribution is 2.22. The second-order valence-corrected chi connectivity index (χ2v) is 5.87. The quantitative estimate of drug-likeness (QED) is 0.486. The average Bonchev–Trinajstić information content (AvgIpc) is 2.61. The largest absolute Gasteiger partial charge is 0.497 e. The van der Waals surface area contributed by atoms with Crippen LogP contribution in [0.2, 0.25) is 0 Å². The molecule has 7 nitrogen and oxygen atoms in total. The summed E-state index contributed by atoms with van der Waals surface area (Å²) in [5.74, 6) is 0.824. The third kappa shape index (κ3) is 4.89. The molecule has 5 atom stereocenters. The second-order valence-electron chi connectivity index (χ2n) is 5.87. The molecule has 1 aliphatic rings. The number of unbranched alkanes of at least 4 members (excludes halogenated alkanes) is 1. The zero-order valence-corrected chi connectivity index (χ0v) is 13.7. The molecule has 4 N–H and O–H groups in total. The Morgan fingerprint density at radius 1 is 1.00 bits per heavy atom. The van der Waals surface area contributed by atoms with Crippen LogP contribution < -0.4 is 4.74 Å². The maximum absolute atomic E-state index is 9.85. The molecule has 1 fully saturated rings. The highest BCUT2D eigenvalue weighted by Gasteiger charge is 2.43. The van der Waals surface area contributed by atoms with E-state index in [9.17, 15) is 15.3 Å². The van der Waals surface area contributed by atoms with Crippen LogP contribution in [0.4, 0.5) is 0 Å². The van der Waals surface area contributed by atoms with E-state index in [2.05, 4.69) is 0 Å². The van der Waals surface area contributed by atoms with Gasteiger partial charge in [-0.1, -0.05) is 12.1 Å². The van der Waals surface area contributed by atoms with Crippen molar-refractivity contribution in [1.82, 2.24) is 0 Å². The number of methoxy groups -OCH3 is 1. The predicted molar refractivity (Wildman–Crippen MR) is 85.7 cm³/mol. The van der Waals surface area contributed by atoms with Crippen LogP contribution >= 0.6 is 0 Å². The number of aliphatic hydroxyl groups excluding tert-OH is 4. The highest BCUT2D eigenvalue weighted by molar-refractivity contribution is 5.27. The van der Waals surface area contributed by atoms with Crippen LogP contribution in [0, 0.1) is 0 Å². The van der Waals surface area contributed by atoms with Crippen LogP contribution in [0.5, 0.6) is 5.75 Å². The zero-order valence-electron chi connectivity index (χ0n) is 13.7. The summed E-state index contributed by atoms with van der Waals surface area (Å²) in [7, 11) is 1.63. The summed E-state index contributed by atoms with van der Waals surface area (Å²) in [4.78, 5) is 0. The van der Waals surface area contributed by atoms with Gasteiger partial charge in [-0.3, -0.25) is 0 Å². The van der Waals surface area contributed by atoms with E-state index in [1.54, 1.807) is 7.11 Å². The van der Waals surface area contributed by atoms with Crippen LogP contribution in [-0.2, 0) is 15.9 Å². The van der Waals surface area contributed by atoms with Crippen molar-refractivity contribution < 1.29 is 34.6 Å². The molecule has 24 heavy (non-hydrogen) atoms. The van der Waals surface area contributed by atoms with E-state index in [0.29, 0.717) is 6.61 Å². The van der Waals surface area contributed by atoms with Gasteiger partial charge in [-0.2, -0.15) is 0 Å². The molecule has 0 saturated carbocycles. The van der Waals surface area contributed by atoms with E-state index in [1.807, 2.05) is 24.3 Å². The summed E-state index contributed by atoms with van der Waals surface area (Å²) in [6.07, 6.45) is -3.56. The molecule has 0 amide bonds. The number of ether oxygens (including phenoxy) is 3. The van der Waals surface area contributed by atoms with Crippen LogP contribution in [-0.4, -0.2) is 71.5 Å². The lowest BCUT2D eigenvalue weighted by molar-refractivity contribution is -0.301. The lowest BCUT2D eigenvalue weighted by Crippen LogP contribution is -2.59. The Kier molecular flexibility index (Phi) is 7.41. The van der Waals surface area contributed by atoms with Crippen molar-refractivity contribution in [3.8, 4) is 5.75 Å². The van der Waals surface area contributed by atoms with E-state index < -0.39 is 37.3 Å². The Bertz CT molecular complexity index is 476. The van der Waals surface area contributed by atoms with Crippen LogP contribution in [0.25, 0.3) is 0 Å². The highest BCUT2D eigenvalue weighted by atomic mass is 16.7. The lowest BCUT2D eigenvalue weighted by atomic mass is 9.99. The number of benzene rings is 1. The second kappa shape index (κ2) is 9.31. The van der Waals surface area contributed by atoms with Gasteiger partial charge in [0.25, 0.3) is 0 Å². The van der Waals surface area contributed by atoms with Gasteiger partial charge in [0.05, 0.1) is 13.7 Å². The van der Waals surface area contributed by atoms with Crippen molar-refractivity contribution in [2.24, 2.45) is 0 Å². The molecule has 1 aromatic carbocycles. The minimum Gasteiger partial charge on any atom is -0.497 e. The smallest absolute Gasteiger partial charge is 0.186 e. The van der Waals surface area contributed by atoms with Crippen molar-refractivity contribution in [2.45, 2.75) is 50.0 Å². The summed E-state index contributed by atoms with van der Waals surface area (Å²) < 4.78 is 15.8. The molecule has 7 heteroatoms. The summed E-state index contributed by atoms with van der Waals surface area (Å²) in [5.41, 5.74) is 1.20. The monoisotopic (exact) mass is 342 g/mol.